The molecular formula is C16H23NO. The molecule has 0 N–H and O–H groups in total. The van der Waals surface area contributed by atoms with E-state index in [1.54, 1.807) is 0 Å². The number of hydrogen-bond acceptors (Lipinski definition) is 2. The van der Waals surface area contributed by atoms with Crippen molar-refractivity contribution >= 4 is 0 Å². The van der Waals surface area contributed by atoms with Gasteiger partial charge in [0.2, 0.25) is 0 Å². The Bertz CT molecular complexity index is 359. The number of ether oxygens (including phenoxy) is 1. The van der Waals surface area contributed by atoms with Crippen LogP contribution in [0.1, 0.15) is 37.2 Å². The molecule has 0 unspecified atom stereocenters. The first kappa shape index (κ1) is 12.2. The number of nitrogens with zero attached hydrogens (tertiary/aromatic N) is 1. The largest absolute Gasteiger partial charge is 0.377 e. The summed E-state index contributed by atoms with van der Waals surface area (Å²) in [4.78, 5) is 2.59. The molecule has 98 valence electrons. The fourth-order valence-electron chi connectivity index (χ4n) is 3.24. The fraction of sp³-hybridized carbons (Fsp3) is 0.625. The Hall–Kier alpha value is -0.860. The zero-order chi connectivity index (χ0) is 12.2. The smallest absolute Gasteiger partial charge is 0.0702 e. The van der Waals surface area contributed by atoms with Gasteiger partial charge in [-0.2, -0.15) is 0 Å². The van der Waals surface area contributed by atoms with Crippen molar-refractivity contribution in [2.45, 2.75) is 37.7 Å². The normalized spacial score (nSPS) is 29.6. The lowest BCUT2D eigenvalue weighted by Gasteiger charge is -2.27. The third-order valence-corrected chi connectivity index (χ3v) is 4.28. The second-order valence-electron chi connectivity index (χ2n) is 5.64. The first-order valence-corrected chi connectivity index (χ1v) is 7.31. The first-order valence-electron chi connectivity index (χ1n) is 7.31. The highest BCUT2D eigenvalue weighted by Gasteiger charge is 2.26. The van der Waals surface area contributed by atoms with Gasteiger partial charge in [0.15, 0.2) is 0 Å². The van der Waals surface area contributed by atoms with E-state index in [9.17, 15) is 0 Å². The van der Waals surface area contributed by atoms with Crippen LogP contribution in [0, 0.1) is 0 Å². The zero-order valence-corrected chi connectivity index (χ0v) is 11.1. The second kappa shape index (κ2) is 5.85. The molecule has 1 aromatic carbocycles. The first-order chi connectivity index (χ1) is 8.92. The van der Waals surface area contributed by atoms with Gasteiger partial charge in [0, 0.05) is 19.7 Å². The maximum atomic E-state index is 5.84. The minimum atomic E-state index is 0.494. The topological polar surface area (TPSA) is 12.5 Å². The summed E-state index contributed by atoms with van der Waals surface area (Å²) in [5, 5.41) is 0. The van der Waals surface area contributed by atoms with Gasteiger partial charge >= 0.3 is 0 Å². The number of rotatable bonds is 3. The quantitative estimate of drug-likeness (QED) is 0.811. The minimum absolute atomic E-state index is 0.494. The van der Waals surface area contributed by atoms with Crippen LogP contribution in [0.15, 0.2) is 30.3 Å². The molecule has 3 rings (SSSR count). The van der Waals surface area contributed by atoms with Crippen LogP contribution in [0.2, 0.25) is 0 Å². The Kier molecular flexibility index (Phi) is 3.96. The van der Waals surface area contributed by atoms with Crippen LogP contribution in [-0.2, 0) is 4.74 Å². The number of likely N-dealkylation sites (tertiary alicyclic amines) is 1. The molecule has 2 atom stereocenters. The van der Waals surface area contributed by atoms with E-state index in [0.717, 1.165) is 19.1 Å². The Morgan fingerprint density at radius 1 is 1.11 bits per heavy atom. The van der Waals surface area contributed by atoms with Crippen LogP contribution < -0.4 is 0 Å². The van der Waals surface area contributed by atoms with E-state index in [-0.39, 0.29) is 0 Å². The van der Waals surface area contributed by atoms with Gasteiger partial charge in [-0.25, -0.2) is 0 Å². The van der Waals surface area contributed by atoms with Crippen molar-refractivity contribution in [3.8, 4) is 0 Å². The maximum Gasteiger partial charge on any atom is 0.0702 e. The summed E-state index contributed by atoms with van der Waals surface area (Å²) in [5.74, 6) is 0.731. The molecule has 2 aliphatic heterocycles. The highest BCUT2D eigenvalue weighted by molar-refractivity contribution is 5.21. The minimum Gasteiger partial charge on any atom is -0.377 e. The molecule has 0 aromatic heterocycles. The van der Waals surface area contributed by atoms with Crippen LogP contribution in [0.3, 0.4) is 0 Å². The van der Waals surface area contributed by atoms with Crippen LogP contribution in [0.25, 0.3) is 0 Å². The summed E-state index contributed by atoms with van der Waals surface area (Å²) < 4.78 is 5.84. The third kappa shape index (κ3) is 2.93. The molecule has 1 aromatic rings. The summed E-state index contributed by atoms with van der Waals surface area (Å²) in [6.07, 6.45) is 5.65. The zero-order valence-electron chi connectivity index (χ0n) is 11.1. The van der Waals surface area contributed by atoms with Crippen molar-refractivity contribution in [3.05, 3.63) is 35.9 Å². The average Bonchev–Trinajstić information content (AvgIpc) is 2.89. The molecule has 0 aliphatic carbocycles. The van der Waals surface area contributed by atoms with Crippen molar-refractivity contribution in [1.82, 2.24) is 4.90 Å². The summed E-state index contributed by atoms with van der Waals surface area (Å²) in [6.45, 7) is 4.56. The Morgan fingerprint density at radius 3 is 2.78 bits per heavy atom. The monoisotopic (exact) mass is 245 g/mol. The summed E-state index contributed by atoms with van der Waals surface area (Å²) in [7, 11) is 0. The van der Waals surface area contributed by atoms with Crippen molar-refractivity contribution in [2.75, 3.05) is 26.2 Å². The SMILES string of the molecule is c1ccc([C@H]2CCN(C[C@H]3CCCCO3)C2)cc1. The van der Waals surface area contributed by atoms with E-state index in [2.05, 4.69) is 35.2 Å². The maximum absolute atomic E-state index is 5.84. The standard InChI is InChI=1S/C16H23NO/c1-2-6-14(7-3-1)15-9-10-17(12-15)13-16-8-4-5-11-18-16/h1-3,6-7,15-16H,4-5,8-13H2/t15-,16+/m0/s1. The molecule has 2 fully saturated rings. The molecule has 0 radical (unpaired) electrons. The molecule has 18 heavy (non-hydrogen) atoms. The molecular weight excluding hydrogens is 222 g/mol. The molecule has 0 amide bonds. The van der Waals surface area contributed by atoms with Gasteiger partial charge in [0.1, 0.15) is 0 Å². The van der Waals surface area contributed by atoms with Gasteiger partial charge in [-0.3, -0.25) is 0 Å². The third-order valence-electron chi connectivity index (χ3n) is 4.28. The van der Waals surface area contributed by atoms with E-state index in [1.165, 1.54) is 44.3 Å². The summed E-state index contributed by atoms with van der Waals surface area (Å²) in [6, 6.07) is 11.0. The van der Waals surface area contributed by atoms with Gasteiger partial charge in [-0.1, -0.05) is 30.3 Å². The second-order valence-corrected chi connectivity index (χ2v) is 5.64. The van der Waals surface area contributed by atoms with Crippen molar-refractivity contribution in [3.63, 3.8) is 0 Å². The van der Waals surface area contributed by atoms with Crippen molar-refractivity contribution in [2.24, 2.45) is 0 Å². The highest BCUT2D eigenvalue weighted by atomic mass is 16.5. The molecule has 2 aliphatic rings. The summed E-state index contributed by atoms with van der Waals surface area (Å²) in [5.41, 5.74) is 1.50. The molecule has 0 bridgehead atoms. The molecule has 2 saturated heterocycles. The van der Waals surface area contributed by atoms with Crippen LogP contribution >= 0.6 is 0 Å². The van der Waals surface area contributed by atoms with E-state index in [1.807, 2.05) is 0 Å². The predicted molar refractivity (Wildman–Crippen MR) is 73.8 cm³/mol. The lowest BCUT2D eigenvalue weighted by molar-refractivity contribution is -0.00201. The van der Waals surface area contributed by atoms with Gasteiger partial charge in [0.25, 0.3) is 0 Å². The summed E-state index contributed by atoms with van der Waals surface area (Å²) >= 11 is 0. The van der Waals surface area contributed by atoms with E-state index < -0.39 is 0 Å². The predicted octanol–water partition coefficient (Wildman–Crippen LogP) is 3.05. The Labute approximate surface area is 110 Å². The molecule has 2 heterocycles. The molecule has 2 nitrogen and oxygen atoms in total. The van der Waals surface area contributed by atoms with E-state index in [0.29, 0.717) is 6.10 Å². The van der Waals surface area contributed by atoms with E-state index >= 15 is 0 Å². The van der Waals surface area contributed by atoms with Crippen LogP contribution in [0.4, 0.5) is 0 Å². The van der Waals surface area contributed by atoms with Gasteiger partial charge in [0.05, 0.1) is 6.10 Å². The van der Waals surface area contributed by atoms with Crippen LogP contribution in [-0.4, -0.2) is 37.2 Å². The Morgan fingerprint density at radius 2 is 2.00 bits per heavy atom. The molecule has 0 spiro atoms. The average molecular weight is 245 g/mol. The number of benzene rings is 1. The molecule has 0 saturated carbocycles. The lowest BCUT2D eigenvalue weighted by Crippen LogP contribution is -2.34. The fourth-order valence-corrected chi connectivity index (χ4v) is 3.24. The molecule has 2 heteroatoms. The van der Waals surface area contributed by atoms with Gasteiger partial charge in [-0.15, -0.1) is 0 Å². The van der Waals surface area contributed by atoms with E-state index in [4.69, 9.17) is 4.74 Å². The lowest BCUT2D eigenvalue weighted by atomic mass is 9.99. The Balaban J connectivity index is 1.52. The van der Waals surface area contributed by atoms with Crippen molar-refractivity contribution < 1.29 is 4.74 Å². The number of hydrogen-bond donors (Lipinski definition) is 0. The highest BCUT2D eigenvalue weighted by Crippen LogP contribution is 2.27. The van der Waals surface area contributed by atoms with Gasteiger partial charge in [-0.05, 0) is 43.7 Å². The van der Waals surface area contributed by atoms with Gasteiger partial charge < -0.3 is 9.64 Å². The van der Waals surface area contributed by atoms with Crippen LogP contribution in [0.5, 0.6) is 0 Å². The van der Waals surface area contributed by atoms with Crippen molar-refractivity contribution in [1.29, 1.82) is 0 Å².